The molecular weight excluding hydrogens is 529 g/mol. The van der Waals surface area contributed by atoms with Crippen LogP contribution < -0.4 is 15.4 Å². The number of oxazole rings is 1. The number of hydrogen-bond acceptors (Lipinski definition) is 5. The van der Waals surface area contributed by atoms with Crippen LogP contribution in [0.4, 0.5) is 0 Å². The number of rotatable bonds is 8. The van der Waals surface area contributed by atoms with E-state index in [1.165, 1.54) is 0 Å². The van der Waals surface area contributed by atoms with E-state index in [9.17, 15) is 8.42 Å². The van der Waals surface area contributed by atoms with Crippen molar-refractivity contribution in [2.75, 3.05) is 20.1 Å². The van der Waals surface area contributed by atoms with E-state index in [1.54, 1.807) is 37.6 Å². The van der Waals surface area contributed by atoms with Crippen molar-refractivity contribution in [1.82, 2.24) is 20.3 Å². The second-order valence-electron chi connectivity index (χ2n) is 6.57. The number of halogens is 1. The van der Waals surface area contributed by atoms with Gasteiger partial charge in [0, 0.05) is 25.7 Å². The molecule has 0 fully saturated rings. The molecule has 0 atom stereocenters. The van der Waals surface area contributed by atoms with Crippen LogP contribution >= 0.6 is 24.0 Å². The summed E-state index contributed by atoms with van der Waals surface area (Å²) in [5.74, 6) is 1.09. The molecule has 0 spiro atoms. The van der Waals surface area contributed by atoms with E-state index >= 15 is 0 Å². The van der Waals surface area contributed by atoms with Crippen molar-refractivity contribution in [3.05, 3.63) is 72.1 Å². The van der Waals surface area contributed by atoms with Crippen LogP contribution in [0.1, 0.15) is 11.3 Å². The number of nitrogens with one attached hydrogen (secondary N) is 3. The number of hydrogen-bond donors (Lipinski definition) is 3. The van der Waals surface area contributed by atoms with E-state index in [-0.39, 0.29) is 35.4 Å². The normalized spacial score (nSPS) is 11.6. The highest BCUT2D eigenvalue weighted by molar-refractivity contribution is 14.0. The molecule has 0 amide bonds. The molecule has 8 nitrogen and oxygen atoms in total. The molecule has 10 heteroatoms. The molecule has 0 saturated heterocycles. The number of aryl methyl sites for hydroxylation is 1. The molecule has 3 aromatic rings. The Morgan fingerprint density at radius 2 is 1.74 bits per heavy atom. The summed E-state index contributed by atoms with van der Waals surface area (Å²) in [5, 5.41) is 6.19. The zero-order valence-corrected chi connectivity index (χ0v) is 20.5. The maximum atomic E-state index is 12.3. The summed E-state index contributed by atoms with van der Waals surface area (Å²) in [4.78, 5) is 8.83. The standard InChI is InChI=1S/C21H25N5O3S.HI/c1-16-8-10-19(11-9-16)30(27,28)25-13-12-23-21(22-2)24-14-18-15-29-20(26-18)17-6-4-3-5-7-17;/h3-11,15,25H,12-14H2,1-2H3,(H2,22,23,24);1H. The lowest BCUT2D eigenvalue weighted by atomic mass is 10.2. The van der Waals surface area contributed by atoms with Crippen molar-refractivity contribution < 1.29 is 12.8 Å². The van der Waals surface area contributed by atoms with Crippen molar-refractivity contribution in [1.29, 1.82) is 0 Å². The number of aromatic nitrogens is 1. The number of nitrogens with zero attached hydrogens (tertiary/aromatic N) is 2. The van der Waals surface area contributed by atoms with Gasteiger partial charge in [-0.3, -0.25) is 4.99 Å². The van der Waals surface area contributed by atoms with Crippen molar-refractivity contribution in [3.8, 4) is 11.5 Å². The minimum absolute atomic E-state index is 0. The van der Waals surface area contributed by atoms with Gasteiger partial charge in [0.25, 0.3) is 0 Å². The first-order valence-corrected chi connectivity index (χ1v) is 11.0. The molecule has 0 aliphatic rings. The van der Waals surface area contributed by atoms with E-state index in [0.717, 1.165) is 16.8 Å². The van der Waals surface area contributed by atoms with E-state index in [1.807, 2.05) is 37.3 Å². The zero-order chi connectivity index (χ0) is 21.4. The average molecular weight is 555 g/mol. The number of sulfonamides is 1. The fourth-order valence-electron chi connectivity index (χ4n) is 2.66. The van der Waals surface area contributed by atoms with Gasteiger partial charge < -0.3 is 15.1 Å². The summed E-state index contributed by atoms with van der Waals surface area (Å²) >= 11 is 0. The molecule has 0 aliphatic carbocycles. The molecule has 3 N–H and O–H groups in total. The topological polar surface area (TPSA) is 109 Å². The lowest BCUT2D eigenvalue weighted by Crippen LogP contribution is -2.41. The van der Waals surface area contributed by atoms with Gasteiger partial charge in [-0.05, 0) is 31.2 Å². The fraction of sp³-hybridized carbons (Fsp3) is 0.238. The second kappa shape index (κ2) is 11.8. The van der Waals surface area contributed by atoms with Gasteiger partial charge in [-0.15, -0.1) is 24.0 Å². The monoisotopic (exact) mass is 555 g/mol. The highest BCUT2D eigenvalue weighted by Crippen LogP contribution is 2.17. The Labute approximate surface area is 199 Å². The molecule has 0 bridgehead atoms. The average Bonchev–Trinajstić information content (AvgIpc) is 3.23. The van der Waals surface area contributed by atoms with Gasteiger partial charge in [0.1, 0.15) is 6.26 Å². The Bertz CT molecular complexity index is 1080. The minimum atomic E-state index is -3.53. The molecule has 0 unspecified atom stereocenters. The van der Waals surface area contributed by atoms with Crippen molar-refractivity contribution in [2.24, 2.45) is 4.99 Å². The van der Waals surface area contributed by atoms with Crippen molar-refractivity contribution in [3.63, 3.8) is 0 Å². The summed E-state index contributed by atoms with van der Waals surface area (Å²) in [6.07, 6.45) is 1.60. The highest BCUT2D eigenvalue weighted by Gasteiger charge is 2.13. The SMILES string of the molecule is CN=C(NCCNS(=O)(=O)c1ccc(C)cc1)NCc1coc(-c2ccccc2)n1.I. The van der Waals surface area contributed by atoms with Crippen molar-refractivity contribution in [2.45, 2.75) is 18.4 Å². The van der Waals surface area contributed by atoms with Crippen LogP contribution in [0.25, 0.3) is 11.5 Å². The first-order chi connectivity index (χ1) is 14.5. The molecule has 3 rings (SSSR count). The first kappa shape index (κ1) is 24.8. The highest BCUT2D eigenvalue weighted by atomic mass is 127. The van der Waals surface area contributed by atoms with Crippen LogP contribution in [0.5, 0.6) is 0 Å². The predicted octanol–water partition coefficient (Wildman–Crippen LogP) is 2.91. The Morgan fingerprint density at radius 3 is 2.42 bits per heavy atom. The Morgan fingerprint density at radius 1 is 1.03 bits per heavy atom. The minimum Gasteiger partial charge on any atom is -0.444 e. The number of aliphatic imine (C=N–C) groups is 1. The Balaban J connectivity index is 0.00000341. The molecule has 1 heterocycles. The van der Waals surface area contributed by atoms with E-state index in [4.69, 9.17) is 4.42 Å². The van der Waals surface area contributed by atoms with Gasteiger partial charge in [0.05, 0.1) is 17.1 Å². The van der Waals surface area contributed by atoms with Gasteiger partial charge in [0.2, 0.25) is 15.9 Å². The summed E-state index contributed by atoms with van der Waals surface area (Å²) in [6.45, 7) is 2.93. The van der Waals surface area contributed by atoms with Crippen LogP contribution in [0, 0.1) is 6.92 Å². The second-order valence-corrected chi connectivity index (χ2v) is 8.34. The molecule has 2 aromatic carbocycles. The van der Waals surface area contributed by atoms with Crippen LogP contribution in [-0.2, 0) is 16.6 Å². The Hall–Kier alpha value is -2.44. The van der Waals surface area contributed by atoms with Crippen LogP contribution in [-0.4, -0.2) is 39.5 Å². The van der Waals surface area contributed by atoms with Gasteiger partial charge >= 0.3 is 0 Å². The van der Waals surface area contributed by atoms with E-state index in [2.05, 4.69) is 25.3 Å². The van der Waals surface area contributed by atoms with E-state index < -0.39 is 10.0 Å². The lowest BCUT2D eigenvalue weighted by Gasteiger charge is -2.11. The number of guanidine groups is 1. The van der Waals surface area contributed by atoms with Crippen molar-refractivity contribution >= 4 is 40.0 Å². The first-order valence-electron chi connectivity index (χ1n) is 9.48. The van der Waals surface area contributed by atoms with E-state index in [0.29, 0.717) is 24.9 Å². The summed E-state index contributed by atoms with van der Waals surface area (Å²) in [5.41, 5.74) is 2.65. The summed E-state index contributed by atoms with van der Waals surface area (Å²) in [7, 11) is -1.89. The fourth-order valence-corrected chi connectivity index (χ4v) is 3.70. The predicted molar refractivity (Wildman–Crippen MR) is 132 cm³/mol. The summed E-state index contributed by atoms with van der Waals surface area (Å²) < 4.78 is 32.7. The van der Waals surface area contributed by atoms with Crippen LogP contribution in [0.15, 0.2) is 75.2 Å². The van der Waals surface area contributed by atoms with Gasteiger partial charge in [0.15, 0.2) is 5.96 Å². The molecule has 1 aromatic heterocycles. The lowest BCUT2D eigenvalue weighted by molar-refractivity contribution is 0.571. The van der Waals surface area contributed by atoms with Gasteiger partial charge in [-0.1, -0.05) is 35.9 Å². The zero-order valence-electron chi connectivity index (χ0n) is 17.3. The number of benzene rings is 2. The van der Waals surface area contributed by atoms with Gasteiger partial charge in [-0.2, -0.15) is 0 Å². The third kappa shape index (κ3) is 7.33. The maximum absolute atomic E-state index is 12.3. The molecule has 166 valence electrons. The smallest absolute Gasteiger partial charge is 0.240 e. The van der Waals surface area contributed by atoms with Crippen LogP contribution in [0.2, 0.25) is 0 Å². The Kier molecular flexibility index (Phi) is 9.46. The van der Waals surface area contributed by atoms with Crippen LogP contribution in [0.3, 0.4) is 0 Å². The molecule has 0 saturated carbocycles. The molecule has 0 aliphatic heterocycles. The largest absolute Gasteiger partial charge is 0.444 e. The molecule has 0 radical (unpaired) electrons. The van der Waals surface area contributed by atoms with Gasteiger partial charge in [-0.25, -0.2) is 18.1 Å². The third-order valence-corrected chi connectivity index (χ3v) is 5.75. The molecule has 31 heavy (non-hydrogen) atoms. The molecular formula is C21H26IN5O3S. The quantitative estimate of drug-likeness (QED) is 0.171. The third-order valence-electron chi connectivity index (χ3n) is 4.27. The maximum Gasteiger partial charge on any atom is 0.240 e. The summed E-state index contributed by atoms with van der Waals surface area (Å²) in [6, 6.07) is 16.4.